The van der Waals surface area contributed by atoms with Gasteiger partial charge in [-0.1, -0.05) is 6.07 Å². The summed E-state index contributed by atoms with van der Waals surface area (Å²) >= 11 is 0. The summed E-state index contributed by atoms with van der Waals surface area (Å²) in [6.45, 7) is 2.95. The molecule has 0 saturated heterocycles. The molecule has 1 atom stereocenters. The van der Waals surface area contributed by atoms with Gasteiger partial charge in [0.25, 0.3) is 0 Å². The molecule has 5 heteroatoms. The molecule has 0 aliphatic rings. The van der Waals surface area contributed by atoms with Crippen LogP contribution < -0.4 is 5.32 Å². The second-order valence-corrected chi connectivity index (χ2v) is 4.01. The first-order valence-electron chi connectivity index (χ1n) is 5.74. The van der Waals surface area contributed by atoms with Crippen molar-refractivity contribution in [2.75, 3.05) is 6.54 Å². The smallest absolute Gasteiger partial charge is 0.151 e. The van der Waals surface area contributed by atoms with E-state index in [4.69, 9.17) is 0 Å². The monoisotopic (exact) mass is 231 g/mol. The SMILES string of the molecule is CC(NCCc1ncn(C)n1)c1ccccn1. The second kappa shape index (κ2) is 5.54. The Balaban J connectivity index is 1.79. The number of nitrogens with zero attached hydrogens (tertiary/aromatic N) is 4. The third-order valence-electron chi connectivity index (χ3n) is 2.58. The van der Waals surface area contributed by atoms with E-state index in [0.717, 1.165) is 24.5 Å². The molecule has 2 rings (SSSR count). The highest BCUT2D eigenvalue weighted by Gasteiger charge is 2.05. The molecule has 2 aromatic rings. The van der Waals surface area contributed by atoms with Crippen LogP contribution in [-0.2, 0) is 13.5 Å². The predicted octanol–water partition coefficient (Wildman–Crippen LogP) is 1.10. The second-order valence-electron chi connectivity index (χ2n) is 4.01. The lowest BCUT2D eigenvalue weighted by atomic mass is 10.2. The Morgan fingerprint density at radius 2 is 2.24 bits per heavy atom. The van der Waals surface area contributed by atoms with E-state index >= 15 is 0 Å². The van der Waals surface area contributed by atoms with Gasteiger partial charge in [0.1, 0.15) is 6.33 Å². The van der Waals surface area contributed by atoms with E-state index in [0.29, 0.717) is 0 Å². The van der Waals surface area contributed by atoms with Crippen LogP contribution in [0.1, 0.15) is 24.5 Å². The van der Waals surface area contributed by atoms with E-state index in [1.807, 2.05) is 31.4 Å². The molecule has 90 valence electrons. The average Bonchev–Trinajstić information content (AvgIpc) is 2.76. The van der Waals surface area contributed by atoms with Crippen LogP contribution in [0.2, 0.25) is 0 Å². The predicted molar refractivity (Wildman–Crippen MR) is 65.4 cm³/mol. The minimum absolute atomic E-state index is 0.250. The quantitative estimate of drug-likeness (QED) is 0.837. The highest BCUT2D eigenvalue weighted by atomic mass is 15.3. The van der Waals surface area contributed by atoms with Crippen molar-refractivity contribution in [3.05, 3.63) is 42.2 Å². The summed E-state index contributed by atoms with van der Waals surface area (Å²) in [7, 11) is 1.88. The number of rotatable bonds is 5. The van der Waals surface area contributed by atoms with Gasteiger partial charge in [-0.15, -0.1) is 0 Å². The Hall–Kier alpha value is -1.75. The molecule has 0 radical (unpaired) electrons. The van der Waals surface area contributed by atoms with Crippen molar-refractivity contribution >= 4 is 0 Å². The maximum absolute atomic E-state index is 4.31. The van der Waals surface area contributed by atoms with Crippen LogP contribution in [0.15, 0.2) is 30.7 Å². The third-order valence-corrected chi connectivity index (χ3v) is 2.58. The number of nitrogens with one attached hydrogen (secondary N) is 1. The summed E-state index contributed by atoms with van der Waals surface area (Å²) in [6, 6.07) is 6.20. The Labute approximate surface area is 101 Å². The molecule has 0 bridgehead atoms. The summed E-state index contributed by atoms with van der Waals surface area (Å²) in [5.41, 5.74) is 1.06. The van der Waals surface area contributed by atoms with Crippen molar-refractivity contribution in [2.45, 2.75) is 19.4 Å². The van der Waals surface area contributed by atoms with Crippen LogP contribution in [0.25, 0.3) is 0 Å². The summed E-state index contributed by atoms with van der Waals surface area (Å²) in [5, 5.41) is 7.64. The number of pyridine rings is 1. The zero-order valence-electron chi connectivity index (χ0n) is 10.2. The van der Waals surface area contributed by atoms with Crippen LogP contribution in [0, 0.1) is 0 Å². The largest absolute Gasteiger partial charge is 0.308 e. The molecule has 1 unspecified atom stereocenters. The van der Waals surface area contributed by atoms with Gasteiger partial charge in [-0.05, 0) is 19.1 Å². The summed E-state index contributed by atoms with van der Waals surface area (Å²) in [4.78, 5) is 8.49. The molecule has 0 aliphatic heterocycles. The lowest BCUT2D eigenvalue weighted by Gasteiger charge is -2.11. The van der Waals surface area contributed by atoms with E-state index in [1.165, 1.54) is 0 Å². The van der Waals surface area contributed by atoms with Gasteiger partial charge in [-0.2, -0.15) is 5.10 Å². The summed E-state index contributed by atoms with van der Waals surface area (Å²) in [6.07, 6.45) is 4.36. The zero-order chi connectivity index (χ0) is 12.1. The van der Waals surface area contributed by atoms with Gasteiger partial charge in [0.15, 0.2) is 5.82 Å². The van der Waals surface area contributed by atoms with Crippen LogP contribution >= 0.6 is 0 Å². The van der Waals surface area contributed by atoms with Crippen LogP contribution in [0.5, 0.6) is 0 Å². The lowest BCUT2D eigenvalue weighted by Crippen LogP contribution is -2.22. The molecule has 0 amide bonds. The molecule has 1 N–H and O–H groups in total. The minimum Gasteiger partial charge on any atom is -0.308 e. The fourth-order valence-electron chi connectivity index (χ4n) is 1.64. The van der Waals surface area contributed by atoms with Gasteiger partial charge in [-0.3, -0.25) is 9.67 Å². The summed E-state index contributed by atoms with van der Waals surface area (Å²) < 4.78 is 1.72. The summed E-state index contributed by atoms with van der Waals surface area (Å²) in [5.74, 6) is 0.869. The van der Waals surface area contributed by atoms with Crippen LogP contribution in [0.4, 0.5) is 0 Å². The molecule has 0 spiro atoms. The molecule has 2 aromatic heterocycles. The third kappa shape index (κ3) is 3.35. The average molecular weight is 231 g/mol. The topological polar surface area (TPSA) is 55.6 Å². The molecular formula is C12H17N5. The Morgan fingerprint density at radius 3 is 2.88 bits per heavy atom. The molecule has 0 fully saturated rings. The van der Waals surface area contributed by atoms with E-state index in [2.05, 4.69) is 27.3 Å². The van der Waals surface area contributed by atoms with Gasteiger partial charge in [-0.25, -0.2) is 4.98 Å². The van der Waals surface area contributed by atoms with E-state index in [9.17, 15) is 0 Å². The van der Waals surface area contributed by atoms with Crippen molar-refractivity contribution in [3.63, 3.8) is 0 Å². The molecule has 0 saturated carbocycles. The van der Waals surface area contributed by atoms with Crippen LogP contribution in [0.3, 0.4) is 0 Å². The minimum atomic E-state index is 0.250. The zero-order valence-corrected chi connectivity index (χ0v) is 10.2. The first-order chi connectivity index (χ1) is 8.25. The standard InChI is InChI=1S/C12H17N5/c1-10(11-5-3-4-7-14-11)13-8-6-12-15-9-17(2)16-12/h3-5,7,9-10,13H,6,8H2,1-2H3. The van der Waals surface area contributed by atoms with Crippen molar-refractivity contribution in [1.29, 1.82) is 0 Å². The lowest BCUT2D eigenvalue weighted by molar-refractivity contribution is 0.557. The van der Waals surface area contributed by atoms with Gasteiger partial charge in [0.2, 0.25) is 0 Å². The Kier molecular flexibility index (Phi) is 3.82. The molecule has 2 heterocycles. The molecule has 17 heavy (non-hydrogen) atoms. The van der Waals surface area contributed by atoms with Crippen molar-refractivity contribution in [3.8, 4) is 0 Å². The number of aryl methyl sites for hydroxylation is 1. The number of hydrogen-bond acceptors (Lipinski definition) is 4. The van der Waals surface area contributed by atoms with E-state index < -0.39 is 0 Å². The fraction of sp³-hybridized carbons (Fsp3) is 0.417. The number of hydrogen-bond donors (Lipinski definition) is 1. The molecule has 0 aliphatic carbocycles. The first-order valence-corrected chi connectivity index (χ1v) is 5.74. The maximum atomic E-state index is 4.31. The molecule has 0 aromatic carbocycles. The maximum Gasteiger partial charge on any atom is 0.151 e. The Bertz CT molecular complexity index is 451. The van der Waals surface area contributed by atoms with Gasteiger partial charge in [0, 0.05) is 32.3 Å². The Morgan fingerprint density at radius 1 is 1.35 bits per heavy atom. The number of aromatic nitrogens is 4. The highest BCUT2D eigenvalue weighted by Crippen LogP contribution is 2.07. The molecular weight excluding hydrogens is 214 g/mol. The van der Waals surface area contributed by atoms with Gasteiger partial charge in [0.05, 0.1) is 5.69 Å². The normalized spacial score (nSPS) is 12.6. The first kappa shape index (κ1) is 11.7. The van der Waals surface area contributed by atoms with Crippen molar-refractivity contribution in [2.24, 2.45) is 7.05 Å². The van der Waals surface area contributed by atoms with E-state index in [-0.39, 0.29) is 6.04 Å². The van der Waals surface area contributed by atoms with Gasteiger partial charge >= 0.3 is 0 Å². The molecule has 5 nitrogen and oxygen atoms in total. The van der Waals surface area contributed by atoms with Crippen LogP contribution in [-0.4, -0.2) is 26.3 Å². The van der Waals surface area contributed by atoms with Crippen molar-refractivity contribution in [1.82, 2.24) is 25.1 Å². The van der Waals surface area contributed by atoms with E-state index in [1.54, 1.807) is 11.0 Å². The van der Waals surface area contributed by atoms with Gasteiger partial charge < -0.3 is 5.32 Å². The van der Waals surface area contributed by atoms with Crippen molar-refractivity contribution < 1.29 is 0 Å². The fourth-order valence-corrected chi connectivity index (χ4v) is 1.64. The highest BCUT2D eigenvalue weighted by molar-refractivity contribution is 5.07.